The number of carbonyl (C=O) groups is 2. The zero-order valence-electron chi connectivity index (χ0n) is 18.8. The third-order valence-electron chi connectivity index (χ3n) is 5.77. The van der Waals surface area contributed by atoms with Crippen molar-refractivity contribution in [3.05, 3.63) is 60.2 Å². The molecule has 1 heterocycles. The van der Waals surface area contributed by atoms with Crippen molar-refractivity contribution >= 4 is 23.2 Å². The van der Waals surface area contributed by atoms with Crippen LogP contribution in [0.15, 0.2) is 54.6 Å². The molecular weight excluding hydrogens is 388 g/mol. The number of piperidine rings is 1. The van der Waals surface area contributed by atoms with Gasteiger partial charge in [0.25, 0.3) is 5.91 Å². The van der Waals surface area contributed by atoms with Gasteiger partial charge in [0.2, 0.25) is 5.91 Å². The number of hydrogen-bond acceptors (Lipinski definition) is 4. The van der Waals surface area contributed by atoms with Crippen LogP contribution in [0.2, 0.25) is 0 Å². The summed E-state index contributed by atoms with van der Waals surface area (Å²) in [7, 11) is 0. The fourth-order valence-electron chi connectivity index (χ4n) is 4.08. The Hall–Kier alpha value is -2.86. The van der Waals surface area contributed by atoms with Crippen molar-refractivity contribution in [2.45, 2.75) is 45.7 Å². The van der Waals surface area contributed by atoms with Crippen LogP contribution in [0, 0.1) is 0 Å². The maximum atomic E-state index is 12.7. The number of nitrogens with one attached hydrogen (secondary N) is 2. The molecule has 0 radical (unpaired) electrons. The monoisotopic (exact) mass is 422 g/mol. The average molecular weight is 423 g/mol. The van der Waals surface area contributed by atoms with Gasteiger partial charge < -0.3 is 15.5 Å². The van der Waals surface area contributed by atoms with Crippen molar-refractivity contribution in [1.29, 1.82) is 0 Å². The summed E-state index contributed by atoms with van der Waals surface area (Å²) in [6.45, 7) is 9.38. The fourth-order valence-corrected chi connectivity index (χ4v) is 4.08. The zero-order valence-corrected chi connectivity index (χ0v) is 18.8. The maximum absolute atomic E-state index is 12.7. The number of hydrogen-bond donors (Lipinski definition) is 2. The first-order valence-electron chi connectivity index (χ1n) is 11.2. The summed E-state index contributed by atoms with van der Waals surface area (Å²) in [5.41, 5.74) is 2.64. The number of benzene rings is 2. The van der Waals surface area contributed by atoms with Crippen molar-refractivity contribution in [2.75, 3.05) is 36.4 Å². The second-order valence-electron chi connectivity index (χ2n) is 8.36. The number of nitrogens with zero attached hydrogens (tertiary/aromatic N) is 2. The Morgan fingerprint density at radius 3 is 2.26 bits per heavy atom. The van der Waals surface area contributed by atoms with Gasteiger partial charge in [0, 0.05) is 48.7 Å². The van der Waals surface area contributed by atoms with Crippen LogP contribution in [-0.2, 0) is 4.79 Å². The van der Waals surface area contributed by atoms with Gasteiger partial charge in [-0.25, -0.2) is 0 Å². The Balaban J connectivity index is 1.44. The van der Waals surface area contributed by atoms with Gasteiger partial charge >= 0.3 is 0 Å². The summed E-state index contributed by atoms with van der Waals surface area (Å²) >= 11 is 0. The lowest BCUT2D eigenvalue weighted by molar-refractivity contribution is -0.117. The second kappa shape index (κ2) is 11.0. The molecule has 0 aromatic heterocycles. The molecule has 3 rings (SSSR count). The average Bonchev–Trinajstić information content (AvgIpc) is 2.76. The normalized spacial score (nSPS) is 15.0. The van der Waals surface area contributed by atoms with Gasteiger partial charge in [-0.3, -0.25) is 14.5 Å². The predicted octanol–water partition coefficient (Wildman–Crippen LogP) is 3.75. The molecular formula is C25H34N4O2. The van der Waals surface area contributed by atoms with E-state index >= 15 is 0 Å². The molecule has 0 atom stereocenters. The highest BCUT2D eigenvalue weighted by molar-refractivity contribution is 5.94. The Labute approximate surface area is 185 Å². The largest absolute Gasteiger partial charge is 0.369 e. The smallest absolute Gasteiger partial charge is 0.251 e. The number of likely N-dealkylation sites (tertiary alicyclic amines) is 1. The molecule has 1 aliphatic rings. The standard InChI is InChI=1S/C25H34N4O2/c1-4-29(19(2)3)23-12-10-20(11-13-23)25(31)27-22-14-16-28(17-15-22)18-24(30)26-21-8-6-5-7-9-21/h5-13,19,22H,4,14-18H2,1-3H3,(H,26,30)(H,27,31). The number of carbonyl (C=O) groups excluding carboxylic acids is 2. The highest BCUT2D eigenvalue weighted by Crippen LogP contribution is 2.18. The molecule has 0 saturated carbocycles. The first-order valence-corrected chi connectivity index (χ1v) is 11.2. The minimum Gasteiger partial charge on any atom is -0.369 e. The van der Waals surface area contributed by atoms with Crippen LogP contribution in [0.4, 0.5) is 11.4 Å². The summed E-state index contributed by atoms with van der Waals surface area (Å²) in [4.78, 5) is 29.3. The number of amides is 2. The molecule has 2 N–H and O–H groups in total. The van der Waals surface area contributed by atoms with Crippen molar-refractivity contribution < 1.29 is 9.59 Å². The molecule has 0 spiro atoms. The van der Waals surface area contributed by atoms with Gasteiger partial charge in [-0.1, -0.05) is 18.2 Å². The lowest BCUT2D eigenvalue weighted by Gasteiger charge is -2.32. The van der Waals surface area contributed by atoms with Gasteiger partial charge in [0.1, 0.15) is 0 Å². The van der Waals surface area contributed by atoms with Gasteiger partial charge in [-0.05, 0) is 70.0 Å². The molecule has 0 bridgehead atoms. The Kier molecular flexibility index (Phi) is 8.06. The third-order valence-corrected chi connectivity index (χ3v) is 5.77. The molecule has 1 saturated heterocycles. The van der Waals surface area contributed by atoms with Crippen LogP contribution in [0.25, 0.3) is 0 Å². The van der Waals surface area contributed by atoms with Crippen LogP contribution >= 0.6 is 0 Å². The Morgan fingerprint density at radius 2 is 1.68 bits per heavy atom. The van der Waals surface area contributed by atoms with Crippen LogP contribution < -0.4 is 15.5 Å². The summed E-state index contributed by atoms with van der Waals surface area (Å²) in [5.74, 6) is -0.0317. The number of rotatable bonds is 8. The van der Waals surface area contributed by atoms with Gasteiger partial charge in [0.05, 0.1) is 6.54 Å². The lowest BCUT2D eigenvalue weighted by atomic mass is 10.0. The van der Waals surface area contributed by atoms with Crippen LogP contribution in [-0.4, -0.2) is 55.0 Å². The van der Waals surface area contributed by atoms with Gasteiger partial charge in [-0.2, -0.15) is 0 Å². The molecule has 1 fully saturated rings. The maximum Gasteiger partial charge on any atom is 0.251 e. The molecule has 0 unspecified atom stereocenters. The molecule has 0 aliphatic carbocycles. The Bertz CT molecular complexity index is 844. The van der Waals surface area contributed by atoms with Crippen LogP contribution in [0.1, 0.15) is 44.0 Å². The highest BCUT2D eigenvalue weighted by Gasteiger charge is 2.22. The summed E-state index contributed by atoms with van der Waals surface area (Å²) in [6.07, 6.45) is 1.69. The van der Waals surface area contributed by atoms with Crippen LogP contribution in [0.5, 0.6) is 0 Å². The first-order chi connectivity index (χ1) is 15.0. The van der Waals surface area contributed by atoms with Crippen molar-refractivity contribution in [3.63, 3.8) is 0 Å². The summed E-state index contributed by atoms with van der Waals surface area (Å²) in [5, 5.41) is 6.08. The van der Waals surface area contributed by atoms with Crippen molar-refractivity contribution in [2.24, 2.45) is 0 Å². The van der Waals surface area contributed by atoms with Crippen molar-refractivity contribution in [1.82, 2.24) is 10.2 Å². The van der Waals surface area contributed by atoms with Gasteiger partial charge in [0.15, 0.2) is 0 Å². The predicted molar refractivity (Wildman–Crippen MR) is 127 cm³/mol. The molecule has 2 aromatic carbocycles. The van der Waals surface area contributed by atoms with E-state index in [-0.39, 0.29) is 17.9 Å². The van der Waals surface area contributed by atoms with E-state index in [1.54, 1.807) is 0 Å². The van der Waals surface area contributed by atoms with E-state index in [0.717, 1.165) is 43.9 Å². The fraction of sp³-hybridized carbons (Fsp3) is 0.440. The zero-order chi connectivity index (χ0) is 22.2. The molecule has 6 nitrogen and oxygen atoms in total. The van der Waals surface area contributed by atoms with E-state index in [1.165, 1.54) is 0 Å². The molecule has 6 heteroatoms. The summed E-state index contributed by atoms with van der Waals surface area (Å²) in [6, 6.07) is 17.9. The van der Waals surface area contributed by atoms with Crippen LogP contribution in [0.3, 0.4) is 0 Å². The molecule has 1 aliphatic heterocycles. The minimum absolute atomic E-state index is 0.00343. The SMILES string of the molecule is CCN(c1ccc(C(=O)NC2CCN(CC(=O)Nc3ccccc3)CC2)cc1)C(C)C. The van der Waals surface area contributed by atoms with E-state index in [0.29, 0.717) is 18.2 Å². The number of anilines is 2. The van der Waals surface area contributed by atoms with E-state index in [9.17, 15) is 9.59 Å². The molecule has 2 amide bonds. The minimum atomic E-state index is -0.0283. The number of para-hydroxylation sites is 1. The molecule has 2 aromatic rings. The quantitative estimate of drug-likeness (QED) is 0.680. The van der Waals surface area contributed by atoms with Gasteiger partial charge in [-0.15, -0.1) is 0 Å². The highest BCUT2D eigenvalue weighted by atomic mass is 16.2. The topological polar surface area (TPSA) is 64.7 Å². The van der Waals surface area contributed by atoms with E-state index < -0.39 is 0 Å². The Morgan fingerprint density at radius 1 is 1.03 bits per heavy atom. The van der Waals surface area contributed by atoms with E-state index in [4.69, 9.17) is 0 Å². The third kappa shape index (κ3) is 6.56. The van der Waals surface area contributed by atoms with E-state index in [1.807, 2.05) is 54.6 Å². The second-order valence-corrected chi connectivity index (χ2v) is 8.36. The lowest BCUT2D eigenvalue weighted by Crippen LogP contribution is -2.46. The molecule has 31 heavy (non-hydrogen) atoms. The van der Waals surface area contributed by atoms with E-state index in [2.05, 4.69) is 41.2 Å². The first kappa shape index (κ1) is 22.8. The van der Waals surface area contributed by atoms with Crippen molar-refractivity contribution in [3.8, 4) is 0 Å². The molecule has 166 valence electrons. The summed E-state index contributed by atoms with van der Waals surface area (Å²) < 4.78 is 0.